The van der Waals surface area contributed by atoms with Crippen LogP contribution in [0.2, 0.25) is 0 Å². The predicted octanol–water partition coefficient (Wildman–Crippen LogP) is 5.46. The molecule has 1 N–H and O–H groups in total. The number of phenols is 1. The van der Waals surface area contributed by atoms with Gasteiger partial charge in [0.05, 0.1) is 6.04 Å². The second-order valence-corrected chi connectivity index (χ2v) is 8.54. The molecule has 2 aliphatic rings. The number of para-hydroxylation sites is 1. The lowest BCUT2D eigenvalue weighted by Crippen LogP contribution is -2.40. The van der Waals surface area contributed by atoms with Gasteiger partial charge in [-0.05, 0) is 55.0 Å². The molecule has 2 aromatic carbocycles. The van der Waals surface area contributed by atoms with Crippen LogP contribution in [0, 0.1) is 5.41 Å². The van der Waals surface area contributed by atoms with E-state index in [2.05, 4.69) is 18.8 Å². The lowest BCUT2D eigenvalue weighted by Gasteiger charge is -2.37. The zero-order valence-corrected chi connectivity index (χ0v) is 16.6. The Balaban J connectivity index is 1.41. The van der Waals surface area contributed by atoms with Crippen LogP contribution in [0.4, 0.5) is 0 Å². The van der Waals surface area contributed by atoms with E-state index in [9.17, 15) is 5.11 Å². The average molecular weight is 388 g/mol. The topological polar surface area (TPSA) is 63.9 Å². The van der Waals surface area contributed by atoms with Crippen LogP contribution in [-0.2, 0) is 4.74 Å². The van der Waals surface area contributed by atoms with E-state index in [0.717, 1.165) is 17.4 Å². The Morgan fingerprint density at radius 3 is 2.83 bits per heavy atom. The smallest absolute Gasteiger partial charge is 0.219 e. The molecular weight excluding hydrogens is 364 g/mol. The van der Waals surface area contributed by atoms with E-state index in [4.69, 9.17) is 14.5 Å². The van der Waals surface area contributed by atoms with Gasteiger partial charge in [-0.1, -0.05) is 32.0 Å². The highest BCUT2D eigenvalue weighted by Crippen LogP contribution is 2.42. The van der Waals surface area contributed by atoms with Crippen molar-refractivity contribution in [1.82, 2.24) is 4.98 Å². The van der Waals surface area contributed by atoms with Crippen LogP contribution in [-0.4, -0.2) is 28.1 Å². The van der Waals surface area contributed by atoms with Crippen molar-refractivity contribution < 1.29 is 14.6 Å². The molecule has 5 heteroatoms. The Bertz CT molecular complexity index is 1110. The van der Waals surface area contributed by atoms with Crippen molar-refractivity contribution in [1.29, 1.82) is 0 Å². The molecule has 5 rings (SSSR count). The van der Waals surface area contributed by atoms with Gasteiger partial charge in [0.2, 0.25) is 11.8 Å². The van der Waals surface area contributed by atoms with Crippen LogP contribution in [0.25, 0.3) is 10.9 Å². The molecule has 1 aromatic heterocycles. The zero-order chi connectivity index (χ0) is 20.0. The van der Waals surface area contributed by atoms with E-state index in [1.807, 2.05) is 36.4 Å². The van der Waals surface area contributed by atoms with Gasteiger partial charge in [-0.2, -0.15) is 0 Å². The van der Waals surface area contributed by atoms with E-state index in [0.29, 0.717) is 23.0 Å². The van der Waals surface area contributed by atoms with Gasteiger partial charge in [-0.3, -0.25) is 0 Å². The highest BCUT2D eigenvalue weighted by atomic mass is 16.5. The molecule has 0 unspecified atom stereocenters. The number of aromatic nitrogens is 1. The molecule has 0 spiro atoms. The molecule has 2 atom stereocenters. The molecule has 3 aromatic rings. The highest BCUT2D eigenvalue weighted by molar-refractivity contribution is 5.96. The normalized spacial score (nSPS) is 22.6. The summed E-state index contributed by atoms with van der Waals surface area (Å²) in [5.74, 6) is 1.93. The van der Waals surface area contributed by atoms with Gasteiger partial charge < -0.3 is 14.6 Å². The number of fused-ring (bicyclic) bond motifs is 2. The fourth-order valence-electron chi connectivity index (χ4n) is 4.38. The molecule has 0 saturated heterocycles. The Morgan fingerprint density at radius 1 is 1.10 bits per heavy atom. The van der Waals surface area contributed by atoms with Crippen molar-refractivity contribution in [3.63, 3.8) is 0 Å². The lowest BCUT2D eigenvalue weighted by atomic mass is 9.72. The number of ether oxygens (including phenoxy) is 2. The maximum absolute atomic E-state index is 10.0. The highest BCUT2D eigenvalue weighted by Gasteiger charge is 2.44. The number of aromatic hydroxyl groups is 1. The van der Waals surface area contributed by atoms with Crippen molar-refractivity contribution in [2.75, 3.05) is 0 Å². The Labute approximate surface area is 170 Å². The SMILES string of the molecule is CC1(C)CCC[C@H]2OC(c3cccc(Oc4ccc5cccc(O)c5n4)c3)=N[C@H]21. The van der Waals surface area contributed by atoms with Gasteiger partial charge in [-0.25, -0.2) is 9.98 Å². The second kappa shape index (κ2) is 6.76. The summed E-state index contributed by atoms with van der Waals surface area (Å²) >= 11 is 0. The van der Waals surface area contributed by atoms with E-state index in [-0.39, 0.29) is 23.3 Å². The van der Waals surface area contributed by atoms with Crippen molar-refractivity contribution in [3.8, 4) is 17.4 Å². The minimum atomic E-state index is 0.139. The first kappa shape index (κ1) is 18.0. The monoisotopic (exact) mass is 388 g/mol. The van der Waals surface area contributed by atoms with Crippen molar-refractivity contribution in [3.05, 3.63) is 60.2 Å². The molecule has 1 fully saturated rings. The van der Waals surface area contributed by atoms with Crippen LogP contribution in [0.5, 0.6) is 17.4 Å². The molecule has 148 valence electrons. The summed E-state index contributed by atoms with van der Waals surface area (Å²) in [6.07, 6.45) is 3.59. The molecule has 2 heterocycles. The summed E-state index contributed by atoms with van der Waals surface area (Å²) in [6, 6.07) is 17.0. The van der Waals surface area contributed by atoms with E-state index in [1.54, 1.807) is 18.2 Å². The molecule has 29 heavy (non-hydrogen) atoms. The standard InChI is InChI=1S/C24H24N2O3/c1-24(2)13-5-10-19-22(24)26-23(29-19)16-7-3-8-17(14-16)28-20-12-11-15-6-4-9-18(27)21(15)25-20/h3-4,6-9,11-12,14,19,22,27H,5,10,13H2,1-2H3/t19-,22-/m1/s1. The molecule has 5 nitrogen and oxygen atoms in total. The van der Waals surface area contributed by atoms with Gasteiger partial charge >= 0.3 is 0 Å². The van der Waals surface area contributed by atoms with Crippen LogP contribution >= 0.6 is 0 Å². The predicted molar refractivity (Wildman–Crippen MR) is 113 cm³/mol. The van der Waals surface area contributed by atoms with Crippen LogP contribution < -0.4 is 4.74 Å². The summed E-state index contributed by atoms with van der Waals surface area (Å²) in [4.78, 5) is 9.37. The minimum Gasteiger partial charge on any atom is -0.506 e. The number of phenolic OH excluding ortho intramolecular Hbond substituents is 1. The fraction of sp³-hybridized carbons (Fsp3) is 0.333. The summed E-state index contributed by atoms with van der Waals surface area (Å²) in [7, 11) is 0. The first-order chi connectivity index (χ1) is 14.0. The largest absolute Gasteiger partial charge is 0.506 e. The number of benzene rings is 2. The number of pyridine rings is 1. The quantitative estimate of drug-likeness (QED) is 0.647. The third kappa shape index (κ3) is 3.31. The molecule has 1 saturated carbocycles. The van der Waals surface area contributed by atoms with Gasteiger partial charge in [-0.15, -0.1) is 0 Å². The number of hydrogen-bond acceptors (Lipinski definition) is 5. The first-order valence-corrected chi connectivity index (χ1v) is 10.1. The van der Waals surface area contributed by atoms with E-state index in [1.165, 1.54) is 12.8 Å². The maximum atomic E-state index is 10.0. The molecule has 0 radical (unpaired) electrons. The minimum absolute atomic E-state index is 0.139. The Morgan fingerprint density at radius 2 is 1.97 bits per heavy atom. The lowest BCUT2D eigenvalue weighted by molar-refractivity contribution is 0.0768. The average Bonchev–Trinajstić information content (AvgIpc) is 3.15. The third-order valence-corrected chi connectivity index (χ3v) is 5.96. The van der Waals surface area contributed by atoms with Crippen LogP contribution in [0.15, 0.2) is 59.6 Å². The maximum Gasteiger partial charge on any atom is 0.219 e. The van der Waals surface area contributed by atoms with Crippen LogP contribution in [0.1, 0.15) is 38.7 Å². The summed E-state index contributed by atoms with van der Waals surface area (Å²) in [6.45, 7) is 4.56. The fourth-order valence-corrected chi connectivity index (χ4v) is 4.38. The first-order valence-electron chi connectivity index (χ1n) is 10.1. The number of hydrogen-bond donors (Lipinski definition) is 1. The van der Waals surface area contributed by atoms with Gasteiger partial charge in [0, 0.05) is 17.0 Å². The van der Waals surface area contributed by atoms with Gasteiger partial charge in [0.15, 0.2) is 0 Å². The second-order valence-electron chi connectivity index (χ2n) is 8.54. The van der Waals surface area contributed by atoms with Crippen LogP contribution in [0.3, 0.4) is 0 Å². The molecule has 0 amide bonds. The van der Waals surface area contributed by atoms with E-state index >= 15 is 0 Å². The summed E-state index contributed by atoms with van der Waals surface area (Å²) < 4.78 is 12.2. The van der Waals surface area contributed by atoms with Crippen molar-refractivity contribution in [2.24, 2.45) is 10.4 Å². The summed E-state index contributed by atoms with van der Waals surface area (Å²) in [5.41, 5.74) is 1.60. The van der Waals surface area contributed by atoms with Gasteiger partial charge in [0.1, 0.15) is 23.1 Å². The molecular formula is C24H24N2O3. The van der Waals surface area contributed by atoms with Crippen molar-refractivity contribution >= 4 is 16.8 Å². The molecule has 1 aliphatic carbocycles. The zero-order valence-electron chi connectivity index (χ0n) is 16.6. The number of aliphatic imine (C=N–C) groups is 1. The van der Waals surface area contributed by atoms with Gasteiger partial charge in [0.25, 0.3) is 0 Å². The Kier molecular flexibility index (Phi) is 4.19. The number of nitrogens with zero attached hydrogens (tertiary/aromatic N) is 2. The Hall–Kier alpha value is -3.08. The van der Waals surface area contributed by atoms with E-state index < -0.39 is 0 Å². The summed E-state index contributed by atoms with van der Waals surface area (Å²) in [5, 5.41) is 10.9. The molecule has 0 bridgehead atoms. The molecule has 1 aliphatic heterocycles. The third-order valence-electron chi connectivity index (χ3n) is 5.96. The number of rotatable bonds is 3. The van der Waals surface area contributed by atoms with Crippen molar-refractivity contribution in [2.45, 2.75) is 45.3 Å².